The third-order valence-electron chi connectivity index (χ3n) is 1.86. The normalized spacial score (nSPS) is 11.6. The van der Waals surface area contributed by atoms with Crippen LogP contribution in [0.15, 0.2) is 18.2 Å². The first-order valence-electron chi connectivity index (χ1n) is 4.53. The molecule has 1 aromatic rings. The summed E-state index contributed by atoms with van der Waals surface area (Å²) in [7, 11) is 0. The van der Waals surface area contributed by atoms with Gasteiger partial charge in [-0.05, 0) is 25.0 Å². The summed E-state index contributed by atoms with van der Waals surface area (Å²) < 4.78 is 40.1. The monoisotopic (exact) mass is 272 g/mol. The van der Waals surface area contributed by atoms with E-state index in [1.54, 1.807) is 0 Å². The lowest BCUT2D eigenvalue weighted by Crippen LogP contribution is -2.18. The SMILES string of the molecule is FC(F)(F)Oc1cccc(Cl)c1CCCCl. The Morgan fingerprint density at radius 3 is 2.50 bits per heavy atom. The standard InChI is InChI=1S/C10H9Cl2F3O/c11-6-2-3-7-8(12)4-1-5-9(7)16-10(13,14)15/h1,4-5H,2-3,6H2. The van der Waals surface area contributed by atoms with Crippen LogP contribution in [-0.4, -0.2) is 12.2 Å². The van der Waals surface area contributed by atoms with Gasteiger partial charge in [-0.2, -0.15) is 0 Å². The molecule has 90 valence electrons. The van der Waals surface area contributed by atoms with E-state index in [-0.39, 0.29) is 10.8 Å². The summed E-state index contributed by atoms with van der Waals surface area (Å²) in [6.07, 6.45) is -3.81. The van der Waals surface area contributed by atoms with Gasteiger partial charge in [0.2, 0.25) is 0 Å². The van der Waals surface area contributed by atoms with Gasteiger partial charge in [0, 0.05) is 16.5 Å². The molecule has 0 bridgehead atoms. The van der Waals surface area contributed by atoms with Crippen LogP contribution in [0, 0.1) is 0 Å². The van der Waals surface area contributed by atoms with Crippen LogP contribution in [0.1, 0.15) is 12.0 Å². The Kier molecular flexibility index (Phi) is 4.74. The zero-order chi connectivity index (χ0) is 12.2. The van der Waals surface area contributed by atoms with Crippen molar-refractivity contribution in [1.82, 2.24) is 0 Å². The highest BCUT2D eigenvalue weighted by molar-refractivity contribution is 6.31. The largest absolute Gasteiger partial charge is 0.573 e. The van der Waals surface area contributed by atoms with Gasteiger partial charge in [-0.3, -0.25) is 0 Å². The predicted octanol–water partition coefficient (Wildman–Crippen LogP) is 4.41. The Morgan fingerprint density at radius 1 is 1.25 bits per heavy atom. The van der Waals surface area contributed by atoms with Gasteiger partial charge in [-0.15, -0.1) is 24.8 Å². The van der Waals surface area contributed by atoms with Crippen molar-refractivity contribution in [3.63, 3.8) is 0 Å². The minimum absolute atomic E-state index is 0.256. The highest BCUT2D eigenvalue weighted by Gasteiger charge is 2.32. The number of halogens is 5. The number of hydrogen-bond donors (Lipinski definition) is 0. The lowest BCUT2D eigenvalue weighted by atomic mass is 10.1. The van der Waals surface area contributed by atoms with Gasteiger partial charge in [0.05, 0.1) is 0 Å². The first-order chi connectivity index (χ1) is 7.44. The van der Waals surface area contributed by atoms with Crippen molar-refractivity contribution in [1.29, 1.82) is 0 Å². The molecule has 16 heavy (non-hydrogen) atoms. The molecular formula is C10H9Cl2F3O. The molecule has 0 unspecified atom stereocenters. The molecule has 0 radical (unpaired) electrons. The maximum Gasteiger partial charge on any atom is 0.573 e. The molecule has 0 atom stereocenters. The van der Waals surface area contributed by atoms with E-state index in [0.717, 1.165) is 0 Å². The molecule has 0 aromatic heterocycles. The first kappa shape index (κ1) is 13.5. The lowest BCUT2D eigenvalue weighted by Gasteiger charge is -2.13. The second kappa shape index (κ2) is 5.64. The Hall–Kier alpha value is -0.610. The fourth-order valence-corrected chi connectivity index (χ4v) is 1.64. The van der Waals surface area contributed by atoms with Gasteiger partial charge < -0.3 is 4.74 Å². The van der Waals surface area contributed by atoms with Crippen LogP contribution in [0.25, 0.3) is 0 Å². The quantitative estimate of drug-likeness (QED) is 0.738. The third-order valence-corrected chi connectivity index (χ3v) is 2.48. The van der Waals surface area contributed by atoms with E-state index in [1.165, 1.54) is 18.2 Å². The van der Waals surface area contributed by atoms with E-state index in [2.05, 4.69) is 4.74 Å². The smallest absolute Gasteiger partial charge is 0.405 e. The number of alkyl halides is 4. The van der Waals surface area contributed by atoms with Crippen molar-refractivity contribution in [2.45, 2.75) is 19.2 Å². The van der Waals surface area contributed by atoms with Gasteiger partial charge in [-0.25, -0.2) is 0 Å². The van der Waals surface area contributed by atoms with Crippen LogP contribution in [0.4, 0.5) is 13.2 Å². The maximum absolute atomic E-state index is 12.1. The Balaban J connectivity index is 2.93. The molecule has 0 fully saturated rings. The van der Waals surface area contributed by atoms with E-state index < -0.39 is 6.36 Å². The minimum Gasteiger partial charge on any atom is -0.405 e. The molecule has 0 aliphatic heterocycles. The molecule has 0 saturated carbocycles. The number of benzene rings is 1. The van der Waals surface area contributed by atoms with Crippen molar-refractivity contribution < 1.29 is 17.9 Å². The van der Waals surface area contributed by atoms with Crippen LogP contribution in [0.2, 0.25) is 5.02 Å². The number of ether oxygens (including phenoxy) is 1. The Morgan fingerprint density at radius 2 is 1.94 bits per heavy atom. The number of hydrogen-bond acceptors (Lipinski definition) is 1. The first-order valence-corrected chi connectivity index (χ1v) is 5.44. The molecule has 6 heteroatoms. The predicted molar refractivity (Wildman–Crippen MR) is 57.2 cm³/mol. The summed E-state index contributed by atoms with van der Waals surface area (Å²) in [5, 5.41) is 0.256. The molecule has 1 rings (SSSR count). The van der Waals surface area contributed by atoms with Gasteiger partial charge in [0.25, 0.3) is 0 Å². The fraction of sp³-hybridized carbons (Fsp3) is 0.400. The minimum atomic E-state index is -4.71. The van der Waals surface area contributed by atoms with Crippen molar-refractivity contribution in [3.05, 3.63) is 28.8 Å². The third kappa shape index (κ3) is 4.10. The van der Waals surface area contributed by atoms with Crippen molar-refractivity contribution in [2.75, 3.05) is 5.88 Å². The van der Waals surface area contributed by atoms with E-state index in [1.807, 2.05) is 0 Å². The van der Waals surface area contributed by atoms with E-state index in [4.69, 9.17) is 23.2 Å². The highest BCUT2D eigenvalue weighted by atomic mass is 35.5. The topological polar surface area (TPSA) is 9.23 Å². The molecule has 1 aromatic carbocycles. The number of rotatable bonds is 4. The average Bonchev–Trinajstić information content (AvgIpc) is 2.14. The molecular weight excluding hydrogens is 264 g/mol. The molecule has 0 saturated heterocycles. The molecule has 0 N–H and O–H groups in total. The zero-order valence-electron chi connectivity index (χ0n) is 8.15. The van der Waals surface area contributed by atoms with Crippen LogP contribution in [0.5, 0.6) is 5.75 Å². The van der Waals surface area contributed by atoms with E-state index in [9.17, 15) is 13.2 Å². The summed E-state index contributed by atoms with van der Waals surface area (Å²) in [6.45, 7) is 0. The lowest BCUT2D eigenvalue weighted by molar-refractivity contribution is -0.274. The second-order valence-corrected chi connectivity index (χ2v) is 3.84. The van der Waals surface area contributed by atoms with Gasteiger partial charge in [-0.1, -0.05) is 17.7 Å². The van der Waals surface area contributed by atoms with Crippen LogP contribution in [-0.2, 0) is 6.42 Å². The second-order valence-electron chi connectivity index (χ2n) is 3.06. The molecule has 0 spiro atoms. The highest BCUT2D eigenvalue weighted by Crippen LogP contribution is 2.31. The van der Waals surface area contributed by atoms with E-state index in [0.29, 0.717) is 24.3 Å². The van der Waals surface area contributed by atoms with Crippen molar-refractivity contribution >= 4 is 23.2 Å². The maximum atomic E-state index is 12.1. The summed E-state index contributed by atoms with van der Waals surface area (Å²) >= 11 is 11.3. The van der Waals surface area contributed by atoms with Crippen LogP contribution >= 0.6 is 23.2 Å². The Bertz CT molecular complexity index is 352. The van der Waals surface area contributed by atoms with E-state index >= 15 is 0 Å². The fourth-order valence-electron chi connectivity index (χ4n) is 1.25. The van der Waals surface area contributed by atoms with Gasteiger partial charge >= 0.3 is 6.36 Å². The molecule has 0 aliphatic rings. The summed E-state index contributed by atoms with van der Waals surface area (Å²) in [5.74, 6) is 0.0987. The van der Waals surface area contributed by atoms with Crippen molar-refractivity contribution in [3.8, 4) is 5.75 Å². The van der Waals surface area contributed by atoms with Gasteiger partial charge in [0.15, 0.2) is 0 Å². The summed E-state index contributed by atoms with van der Waals surface area (Å²) in [6, 6.07) is 4.17. The summed E-state index contributed by atoms with van der Waals surface area (Å²) in [5.41, 5.74) is 0.335. The van der Waals surface area contributed by atoms with Gasteiger partial charge in [0.1, 0.15) is 5.75 Å². The molecule has 1 nitrogen and oxygen atoms in total. The molecule has 0 heterocycles. The Labute approximate surface area is 101 Å². The molecule has 0 aliphatic carbocycles. The summed E-state index contributed by atoms with van der Waals surface area (Å²) in [4.78, 5) is 0. The zero-order valence-corrected chi connectivity index (χ0v) is 9.66. The average molecular weight is 273 g/mol. The molecule has 0 amide bonds. The van der Waals surface area contributed by atoms with Crippen LogP contribution in [0.3, 0.4) is 0 Å². The van der Waals surface area contributed by atoms with Crippen LogP contribution < -0.4 is 4.74 Å². The van der Waals surface area contributed by atoms with Crippen molar-refractivity contribution in [2.24, 2.45) is 0 Å².